The van der Waals surface area contributed by atoms with E-state index in [2.05, 4.69) is 12.2 Å². The van der Waals surface area contributed by atoms with E-state index in [1.54, 1.807) is 20.2 Å². The second-order valence-corrected chi connectivity index (χ2v) is 3.83. The van der Waals surface area contributed by atoms with E-state index < -0.39 is 12.0 Å². The minimum Gasteiger partial charge on any atom is -0.493 e. The fourth-order valence-corrected chi connectivity index (χ4v) is 1.50. The van der Waals surface area contributed by atoms with Gasteiger partial charge in [0.15, 0.2) is 11.5 Å². The molecule has 0 amide bonds. The number of hydrogen-bond acceptors (Lipinski definition) is 4. The van der Waals surface area contributed by atoms with Gasteiger partial charge in [0, 0.05) is 0 Å². The molecular weight excluding hydrogens is 234 g/mol. The number of aliphatic carboxylic acids is 1. The van der Waals surface area contributed by atoms with Crippen molar-refractivity contribution in [1.29, 1.82) is 0 Å². The Morgan fingerprint density at radius 1 is 1.44 bits per heavy atom. The molecule has 18 heavy (non-hydrogen) atoms. The molecule has 0 aliphatic rings. The topological polar surface area (TPSA) is 67.8 Å². The van der Waals surface area contributed by atoms with Crippen molar-refractivity contribution < 1.29 is 19.4 Å². The summed E-state index contributed by atoms with van der Waals surface area (Å²) in [6.07, 6.45) is 0.908. The van der Waals surface area contributed by atoms with Gasteiger partial charge in [-0.05, 0) is 31.2 Å². The fourth-order valence-electron chi connectivity index (χ4n) is 1.50. The monoisotopic (exact) mass is 253 g/mol. The van der Waals surface area contributed by atoms with Crippen LogP contribution in [0.2, 0.25) is 0 Å². The van der Waals surface area contributed by atoms with E-state index in [-0.39, 0.29) is 6.61 Å². The van der Waals surface area contributed by atoms with Gasteiger partial charge in [-0.2, -0.15) is 0 Å². The van der Waals surface area contributed by atoms with Crippen molar-refractivity contribution in [1.82, 2.24) is 5.32 Å². The van der Waals surface area contributed by atoms with E-state index in [0.29, 0.717) is 11.5 Å². The van der Waals surface area contributed by atoms with Gasteiger partial charge in [-0.1, -0.05) is 13.0 Å². The number of carboxylic acid groups (broad SMARTS) is 1. The Morgan fingerprint density at radius 2 is 2.17 bits per heavy atom. The normalized spacial score (nSPS) is 11.9. The minimum atomic E-state index is -0.943. The Morgan fingerprint density at radius 3 is 2.67 bits per heavy atom. The van der Waals surface area contributed by atoms with E-state index in [1.807, 2.05) is 12.1 Å². The average molecular weight is 253 g/mol. The number of carboxylic acids is 1. The highest BCUT2D eigenvalue weighted by Crippen LogP contribution is 2.28. The number of likely N-dealkylation sites (N-methyl/N-ethyl adjacent to an activating group) is 1. The maximum Gasteiger partial charge on any atom is 0.324 e. The first kappa shape index (κ1) is 14.3. The first-order valence-electron chi connectivity index (χ1n) is 5.82. The third-order valence-electron chi connectivity index (χ3n) is 2.69. The Bertz CT molecular complexity index is 406. The number of benzene rings is 1. The van der Waals surface area contributed by atoms with Gasteiger partial charge in [0.2, 0.25) is 0 Å². The predicted molar refractivity (Wildman–Crippen MR) is 68.4 cm³/mol. The lowest BCUT2D eigenvalue weighted by Crippen LogP contribution is -2.39. The number of rotatable bonds is 7. The first-order valence-corrected chi connectivity index (χ1v) is 5.82. The van der Waals surface area contributed by atoms with E-state index in [4.69, 9.17) is 14.6 Å². The standard InChI is InChI=1S/C13H19NO4/c1-4-9-5-6-11(12(7-9)17-3)18-8-10(14-2)13(15)16/h5-7,10,14H,4,8H2,1-3H3,(H,15,16). The van der Waals surface area contributed by atoms with Crippen LogP contribution in [-0.2, 0) is 11.2 Å². The van der Waals surface area contributed by atoms with E-state index >= 15 is 0 Å². The molecule has 1 atom stereocenters. The highest BCUT2D eigenvalue weighted by Gasteiger charge is 2.16. The minimum absolute atomic E-state index is 0.0493. The zero-order chi connectivity index (χ0) is 13.5. The van der Waals surface area contributed by atoms with Gasteiger partial charge in [0.1, 0.15) is 12.6 Å². The average Bonchev–Trinajstić information content (AvgIpc) is 2.39. The van der Waals surface area contributed by atoms with Gasteiger partial charge in [-0.15, -0.1) is 0 Å². The van der Waals surface area contributed by atoms with Crippen LogP contribution in [0.15, 0.2) is 18.2 Å². The Labute approximate surface area is 107 Å². The van der Waals surface area contributed by atoms with Gasteiger partial charge < -0.3 is 19.9 Å². The molecule has 5 nitrogen and oxygen atoms in total. The van der Waals surface area contributed by atoms with Crippen molar-refractivity contribution in [3.8, 4) is 11.5 Å². The molecule has 5 heteroatoms. The summed E-state index contributed by atoms with van der Waals surface area (Å²) < 4.78 is 10.7. The lowest BCUT2D eigenvalue weighted by atomic mass is 10.1. The molecule has 0 saturated heterocycles. The molecule has 0 fully saturated rings. The van der Waals surface area contributed by atoms with Crippen molar-refractivity contribution in [2.75, 3.05) is 20.8 Å². The van der Waals surface area contributed by atoms with E-state index in [9.17, 15) is 4.79 Å². The predicted octanol–water partition coefficient (Wildman–Crippen LogP) is 1.31. The molecule has 0 spiro atoms. The number of ether oxygens (including phenoxy) is 2. The summed E-state index contributed by atoms with van der Waals surface area (Å²) in [6, 6.07) is 4.89. The van der Waals surface area contributed by atoms with Crippen molar-refractivity contribution >= 4 is 5.97 Å². The molecule has 0 saturated carbocycles. The molecule has 1 aromatic rings. The molecule has 0 aromatic heterocycles. The number of nitrogens with one attached hydrogen (secondary N) is 1. The summed E-state index contributed by atoms with van der Waals surface area (Å²) in [4.78, 5) is 10.8. The molecule has 2 N–H and O–H groups in total. The molecule has 1 aromatic carbocycles. The van der Waals surface area contributed by atoms with Crippen LogP contribution in [0.4, 0.5) is 0 Å². The maximum absolute atomic E-state index is 10.8. The first-order chi connectivity index (χ1) is 8.62. The summed E-state index contributed by atoms with van der Waals surface area (Å²) in [5.74, 6) is 0.229. The van der Waals surface area contributed by atoms with Gasteiger partial charge in [0.05, 0.1) is 7.11 Å². The zero-order valence-electron chi connectivity index (χ0n) is 10.9. The van der Waals surface area contributed by atoms with E-state index in [0.717, 1.165) is 12.0 Å². The SMILES string of the molecule is CCc1ccc(OCC(NC)C(=O)O)c(OC)c1. The smallest absolute Gasteiger partial charge is 0.324 e. The van der Waals surface area contributed by atoms with Crippen LogP contribution in [0.1, 0.15) is 12.5 Å². The summed E-state index contributed by atoms with van der Waals surface area (Å²) in [5, 5.41) is 11.6. The lowest BCUT2D eigenvalue weighted by Gasteiger charge is -2.15. The van der Waals surface area contributed by atoms with Crippen molar-refractivity contribution in [3.63, 3.8) is 0 Å². The van der Waals surface area contributed by atoms with Crippen LogP contribution in [0.5, 0.6) is 11.5 Å². The summed E-state index contributed by atoms with van der Waals surface area (Å²) in [5.41, 5.74) is 1.14. The quantitative estimate of drug-likeness (QED) is 0.767. The Hall–Kier alpha value is -1.75. The Kier molecular flexibility index (Phi) is 5.45. The zero-order valence-corrected chi connectivity index (χ0v) is 10.9. The third kappa shape index (κ3) is 3.63. The summed E-state index contributed by atoms with van der Waals surface area (Å²) >= 11 is 0. The van der Waals surface area contributed by atoms with Crippen molar-refractivity contribution in [3.05, 3.63) is 23.8 Å². The van der Waals surface area contributed by atoms with E-state index in [1.165, 1.54) is 0 Å². The molecule has 0 bridgehead atoms. The van der Waals surface area contributed by atoms with Gasteiger partial charge in [0.25, 0.3) is 0 Å². The molecule has 0 aliphatic heterocycles. The second-order valence-electron chi connectivity index (χ2n) is 3.83. The number of methoxy groups -OCH3 is 1. The molecule has 100 valence electrons. The molecule has 0 radical (unpaired) electrons. The Balaban J connectivity index is 2.75. The van der Waals surface area contributed by atoms with Crippen LogP contribution in [-0.4, -0.2) is 37.9 Å². The van der Waals surface area contributed by atoms with Crippen molar-refractivity contribution in [2.24, 2.45) is 0 Å². The second kappa shape index (κ2) is 6.86. The molecule has 1 rings (SSSR count). The summed E-state index contributed by atoms with van der Waals surface area (Å²) in [7, 11) is 3.15. The number of aryl methyl sites for hydroxylation is 1. The van der Waals surface area contributed by atoms with Crippen LogP contribution in [0, 0.1) is 0 Å². The van der Waals surface area contributed by atoms with Crippen molar-refractivity contribution in [2.45, 2.75) is 19.4 Å². The molecule has 1 unspecified atom stereocenters. The van der Waals surface area contributed by atoms with Gasteiger partial charge in [-0.3, -0.25) is 4.79 Å². The highest BCUT2D eigenvalue weighted by atomic mass is 16.5. The largest absolute Gasteiger partial charge is 0.493 e. The molecule has 0 aliphatic carbocycles. The van der Waals surface area contributed by atoms with Crippen LogP contribution in [0.25, 0.3) is 0 Å². The van der Waals surface area contributed by atoms with Gasteiger partial charge in [-0.25, -0.2) is 0 Å². The van der Waals surface area contributed by atoms with Crippen LogP contribution < -0.4 is 14.8 Å². The van der Waals surface area contributed by atoms with Gasteiger partial charge >= 0.3 is 5.97 Å². The maximum atomic E-state index is 10.8. The molecular formula is C13H19NO4. The fraction of sp³-hybridized carbons (Fsp3) is 0.462. The number of hydrogen-bond donors (Lipinski definition) is 2. The molecule has 0 heterocycles. The van der Waals surface area contributed by atoms with Crippen LogP contribution >= 0.6 is 0 Å². The number of carbonyl (C=O) groups is 1. The third-order valence-corrected chi connectivity index (χ3v) is 2.69. The lowest BCUT2D eigenvalue weighted by molar-refractivity contribution is -0.140. The highest BCUT2D eigenvalue weighted by molar-refractivity contribution is 5.73. The summed E-state index contributed by atoms with van der Waals surface area (Å²) in [6.45, 7) is 2.10. The van der Waals surface area contributed by atoms with Crippen LogP contribution in [0.3, 0.4) is 0 Å².